The first-order valence-corrected chi connectivity index (χ1v) is 13.8. The van der Waals surface area contributed by atoms with Gasteiger partial charge in [0.1, 0.15) is 12.4 Å². The number of hydrogen-bond acceptors (Lipinski definition) is 4. The molecule has 3 aromatic rings. The van der Waals surface area contributed by atoms with Crippen molar-refractivity contribution in [1.29, 1.82) is 0 Å². The molecule has 1 saturated heterocycles. The van der Waals surface area contributed by atoms with Crippen LogP contribution < -0.4 is 15.4 Å². The van der Waals surface area contributed by atoms with Crippen LogP contribution in [0.5, 0.6) is 5.75 Å². The molecular weight excluding hydrogens is 474 g/mol. The van der Waals surface area contributed by atoms with E-state index in [4.69, 9.17) is 4.74 Å². The number of anilines is 1. The Bertz CT molecular complexity index is 1220. The minimum atomic E-state index is -0.246. The highest BCUT2D eigenvalue weighted by molar-refractivity contribution is 5.93. The topological polar surface area (TPSA) is 70.7 Å². The fourth-order valence-electron chi connectivity index (χ4n) is 5.58. The van der Waals surface area contributed by atoms with Crippen LogP contribution in [0.4, 0.5) is 5.69 Å². The second-order valence-electron chi connectivity index (χ2n) is 10.4. The summed E-state index contributed by atoms with van der Waals surface area (Å²) < 4.78 is 5.72. The Morgan fingerprint density at radius 2 is 1.55 bits per heavy atom. The molecule has 198 valence electrons. The number of nitrogens with zero attached hydrogens (tertiary/aromatic N) is 1. The number of fused-ring (bicyclic) bond motifs is 1. The minimum Gasteiger partial charge on any atom is -0.492 e. The van der Waals surface area contributed by atoms with E-state index in [0.29, 0.717) is 32.7 Å². The smallest absolute Gasteiger partial charge is 0.228 e. The largest absolute Gasteiger partial charge is 0.492 e. The van der Waals surface area contributed by atoms with Crippen LogP contribution in [0.15, 0.2) is 78.9 Å². The van der Waals surface area contributed by atoms with Crippen molar-refractivity contribution in [2.45, 2.75) is 32.1 Å². The van der Waals surface area contributed by atoms with Crippen molar-refractivity contribution in [1.82, 2.24) is 10.2 Å². The molecule has 38 heavy (non-hydrogen) atoms. The maximum Gasteiger partial charge on any atom is 0.228 e. The Morgan fingerprint density at radius 1 is 0.842 bits per heavy atom. The third kappa shape index (κ3) is 7.01. The van der Waals surface area contributed by atoms with Crippen LogP contribution in [0.2, 0.25) is 0 Å². The summed E-state index contributed by atoms with van der Waals surface area (Å²) in [7, 11) is 0. The number of ether oxygens (including phenoxy) is 1. The van der Waals surface area contributed by atoms with Crippen LogP contribution in [-0.4, -0.2) is 49.5 Å². The Kier molecular flexibility index (Phi) is 8.71. The van der Waals surface area contributed by atoms with Gasteiger partial charge in [-0.15, -0.1) is 0 Å². The molecule has 0 unspecified atom stereocenters. The zero-order valence-electron chi connectivity index (χ0n) is 21.9. The Morgan fingerprint density at radius 3 is 2.34 bits per heavy atom. The van der Waals surface area contributed by atoms with E-state index in [9.17, 15) is 9.59 Å². The van der Waals surface area contributed by atoms with E-state index < -0.39 is 0 Å². The van der Waals surface area contributed by atoms with Crippen LogP contribution in [0, 0.1) is 11.8 Å². The normalized spacial score (nSPS) is 18.9. The van der Waals surface area contributed by atoms with Crippen LogP contribution in [0.25, 0.3) is 0 Å². The molecule has 2 amide bonds. The first-order chi connectivity index (χ1) is 18.6. The molecule has 1 aliphatic heterocycles. The number of nitrogens with one attached hydrogen (secondary N) is 2. The molecule has 3 aromatic carbocycles. The van der Waals surface area contributed by atoms with Crippen molar-refractivity contribution in [3.8, 4) is 5.75 Å². The third-order valence-electron chi connectivity index (χ3n) is 7.61. The highest BCUT2D eigenvalue weighted by Gasteiger charge is 2.35. The second kappa shape index (κ2) is 12.7. The van der Waals surface area contributed by atoms with Gasteiger partial charge >= 0.3 is 0 Å². The number of para-hydroxylation sites is 1. The van der Waals surface area contributed by atoms with Gasteiger partial charge in [-0.25, -0.2) is 0 Å². The molecule has 5 rings (SSSR count). The van der Waals surface area contributed by atoms with Gasteiger partial charge in [-0.1, -0.05) is 54.6 Å². The predicted octanol–water partition coefficient (Wildman–Crippen LogP) is 4.49. The van der Waals surface area contributed by atoms with Crippen molar-refractivity contribution in [3.05, 3.63) is 95.6 Å². The van der Waals surface area contributed by atoms with Crippen molar-refractivity contribution in [2.24, 2.45) is 11.8 Å². The lowest BCUT2D eigenvalue weighted by Gasteiger charge is -2.36. The number of likely N-dealkylation sites (tertiary alicyclic amines) is 1. The quantitative estimate of drug-likeness (QED) is 0.394. The van der Waals surface area contributed by atoms with Gasteiger partial charge in [0.15, 0.2) is 0 Å². The second-order valence-corrected chi connectivity index (χ2v) is 10.4. The van der Waals surface area contributed by atoms with Gasteiger partial charge in [0.05, 0.1) is 18.4 Å². The lowest BCUT2D eigenvalue weighted by Crippen LogP contribution is -2.50. The molecule has 1 aliphatic carbocycles. The molecule has 6 heteroatoms. The zero-order valence-corrected chi connectivity index (χ0v) is 21.9. The van der Waals surface area contributed by atoms with E-state index >= 15 is 0 Å². The summed E-state index contributed by atoms with van der Waals surface area (Å²) >= 11 is 0. The SMILES string of the molecule is O=C(NCCOc1ccccc1)[C@H]1C[C@@H](C(=O)Nc2ccc3c(c2)CCC3)CN(CCc2ccccc2)C1. The predicted molar refractivity (Wildman–Crippen MR) is 150 cm³/mol. The molecule has 0 saturated carbocycles. The number of rotatable bonds is 10. The van der Waals surface area contributed by atoms with E-state index in [1.54, 1.807) is 0 Å². The van der Waals surface area contributed by atoms with Crippen LogP contribution >= 0.6 is 0 Å². The van der Waals surface area contributed by atoms with Crippen molar-refractivity contribution < 1.29 is 14.3 Å². The zero-order chi connectivity index (χ0) is 26.2. The lowest BCUT2D eigenvalue weighted by atomic mass is 9.87. The number of carbonyl (C=O) groups excluding carboxylic acids is 2. The highest BCUT2D eigenvalue weighted by atomic mass is 16.5. The number of piperidine rings is 1. The molecule has 2 N–H and O–H groups in total. The Hall–Kier alpha value is -3.64. The Balaban J connectivity index is 1.19. The van der Waals surface area contributed by atoms with Crippen LogP contribution in [-0.2, 0) is 28.9 Å². The monoisotopic (exact) mass is 511 g/mol. The number of carbonyl (C=O) groups is 2. The van der Waals surface area contributed by atoms with E-state index in [-0.39, 0.29) is 23.7 Å². The molecule has 2 aliphatic rings. The molecule has 0 radical (unpaired) electrons. The number of amides is 2. The van der Waals surface area contributed by atoms with E-state index in [2.05, 4.69) is 39.8 Å². The van der Waals surface area contributed by atoms with E-state index in [1.807, 2.05) is 54.6 Å². The first kappa shape index (κ1) is 26.0. The van der Waals surface area contributed by atoms with E-state index in [1.165, 1.54) is 23.1 Å². The average molecular weight is 512 g/mol. The lowest BCUT2D eigenvalue weighted by molar-refractivity contribution is -0.130. The summed E-state index contributed by atoms with van der Waals surface area (Å²) in [6, 6.07) is 26.2. The molecule has 1 fully saturated rings. The summed E-state index contributed by atoms with van der Waals surface area (Å²) in [5.74, 6) is 0.282. The van der Waals surface area contributed by atoms with Crippen LogP contribution in [0.1, 0.15) is 29.5 Å². The standard InChI is InChI=1S/C32H37N3O3/c36-31(33-17-19-38-30-12-5-2-6-13-30)27-20-28(23-35(22-27)18-16-24-8-3-1-4-9-24)32(37)34-29-15-14-25-10-7-11-26(25)21-29/h1-6,8-9,12-15,21,27-28H,7,10-11,16-20,22-23H2,(H,33,36)(H,34,37)/t27-,28+/m0/s1. The Labute approximate surface area is 225 Å². The fourth-order valence-corrected chi connectivity index (χ4v) is 5.58. The molecule has 0 aromatic heterocycles. The van der Waals surface area contributed by atoms with Crippen molar-refractivity contribution >= 4 is 17.5 Å². The van der Waals surface area contributed by atoms with Gasteiger partial charge in [-0.2, -0.15) is 0 Å². The van der Waals surface area contributed by atoms with Crippen LogP contribution in [0.3, 0.4) is 0 Å². The number of aryl methyl sites for hydroxylation is 2. The third-order valence-corrected chi connectivity index (χ3v) is 7.61. The molecule has 6 nitrogen and oxygen atoms in total. The maximum atomic E-state index is 13.4. The number of hydrogen-bond donors (Lipinski definition) is 2. The van der Waals surface area contributed by atoms with Crippen molar-refractivity contribution in [3.63, 3.8) is 0 Å². The molecular formula is C32H37N3O3. The highest BCUT2D eigenvalue weighted by Crippen LogP contribution is 2.27. The van der Waals surface area contributed by atoms with Gasteiger partial charge in [0.2, 0.25) is 11.8 Å². The molecule has 0 bridgehead atoms. The summed E-state index contributed by atoms with van der Waals surface area (Å²) in [5, 5.41) is 6.18. The van der Waals surface area contributed by atoms with Gasteiger partial charge in [0.25, 0.3) is 0 Å². The summed E-state index contributed by atoms with van der Waals surface area (Å²) in [6.45, 7) is 2.96. The molecule has 0 spiro atoms. The summed E-state index contributed by atoms with van der Waals surface area (Å²) in [5.41, 5.74) is 4.85. The average Bonchev–Trinajstić information content (AvgIpc) is 3.43. The summed E-state index contributed by atoms with van der Waals surface area (Å²) in [4.78, 5) is 28.8. The van der Waals surface area contributed by atoms with Gasteiger partial charge in [-0.05, 0) is 73.1 Å². The van der Waals surface area contributed by atoms with E-state index in [0.717, 1.165) is 37.2 Å². The van der Waals surface area contributed by atoms with Gasteiger partial charge < -0.3 is 20.3 Å². The fraction of sp³-hybridized carbons (Fsp3) is 0.375. The first-order valence-electron chi connectivity index (χ1n) is 13.8. The maximum absolute atomic E-state index is 13.4. The molecule has 2 atom stereocenters. The minimum absolute atomic E-state index is 0.00225. The van der Waals surface area contributed by atoms with Gasteiger partial charge in [-0.3, -0.25) is 9.59 Å². The van der Waals surface area contributed by atoms with Gasteiger partial charge in [0, 0.05) is 25.3 Å². The molecule has 1 heterocycles. The van der Waals surface area contributed by atoms with Crippen molar-refractivity contribution in [2.75, 3.05) is 38.1 Å². The number of benzene rings is 3. The summed E-state index contributed by atoms with van der Waals surface area (Å²) in [6.07, 6.45) is 4.81.